The van der Waals surface area contributed by atoms with Gasteiger partial charge >= 0.3 is 0 Å². The molecule has 0 heterocycles. The molecule has 13 heavy (non-hydrogen) atoms. The van der Waals surface area contributed by atoms with Crippen LogP contribution in [-0.2, 0) is 20.3 Å². The highest BCUT2D eigenvalue weighted by atomic mass is 32.2. The van der Waals surface area contributed by atoms with E-state index in [1.54, 1.807) is 7.11 Å². The van der Waals surface area contributed by atoms with E-state index in [9.17, 15) is 9.00 Å². The molecule has 4 heteroatoms. The number of hydrogen-bond acceptors (Lipinski definition) is 3. The van der Waals surface area contributed by atoms with Gasteiger partial charge in [-0.3, -0.25) is 9.00 Å². The maximum atomic E-state index is 11.6. The molecule has 0 aromatic carbocycles. The maximum Gasteiger partial charge on any atom is 0.136 e. The van der Waals surface area contributed by atoms with Crippen molar-refractivity contribution in [3.8, 4) is 0 Å². The minimum atomic E-state index is -0.892. The van der Waals surface area contributed by atoms with E-state index in [0.29, 0.717) is 18.8 Å². The number of hydrogen-bond donors (Lipinski definition) is 0. The van der Waals surface area contributed by atoms with Gasteiger partial charge in [-0.1, -0.05) is 6.92 Å². The molecule has 0 amide bonds. The van der Waals surface area contributed by atoms with Crippen LogP contribution < -0.4 is 0 Å². The molecule has 1 fully saturated rings. The number of carbonyl (C=O) groups is 1. The summed E-state index contributed by atoms with van der Waals surface area (Å²) < 4.78 is 16.5. The third-order valence-corrected chi connectivity index (χ3v) is 4.46. The van der Waals surface area contributed by atoms with Crippen LogP contribution in [0.5, 0.6) is 0 Å². The molecule has 76 valence electrons. The summed E-state index contributed by atoms with van der Waals surface area (Å²) in [6.45, 7) is 2.40. The van der Waals surface area contributed by atoms with Crippen LogP contribution in [0.25, 0.3) is 0 Å². The Morgan fingerprint density at radius 2 is 2.31 bits per heavy atom. The zero-order chi connectivity index (χ0) is 9.84. The highest BCUT2D eigenvalue weighted by molar-refractivity contribution is 7.85. The van der Waals surface area contributed by atoms with E-state index < -0.39 is 10.8 Å². The average molecular weight is 204 g/mol. The van der Waals surface area contributed by atoms with Crippen LogP contribution >= 0.6 is 0 Å². The van der Waals surface area contributed by atoms with Crippen molar-refractivity contribution in [2.45, 2.75) is 25.0 Å². The Balaban J connectivity index is 2.43. The second-order valence-electron chi connectivity index (χ2n) is 3.41. The summed E-state index contributed by atoms with van der Waals surface area (Å²) in [7, 11) is 0.706. The number of ether oxygens (including phenoxy) is 1. The average Bonchev–Trinajstić information content (AvgIpc) is 2.44. The van der Waals surface area contributed by atoms with Gasteiger partial charge in [0.25, 0.3) is 0 Å². The fourth-order valence-electron chi connectivity index (χ4n) is 1.65. The van der Waals surface area contributed by atoms with E-state index >= 15 is 0 Å². The van der Waals surface area contributed by atoms with Crippen LogP contribution in [0.4, 0.5) is 0 Å². The second-order valence-corrected chi connectivity index (χ2v) is 5.19. The van der Waals surface area contributed by atoms with Crippen molar-refractivity contribution in [3.05, 3.63) is 0 Å². The van der Waals surface area contributed by atoms with Gasteiger partial charge in [0.15, 0.2) is 0 Å². The molecule has 0 N–H and O–H groups in total. The molecule has 3 unspecified atom stereocenters. The molecule has 0 aromatic rings. The van der Waals surface area contributed by atoms with Gasteiger partial charge in [0.2, 0.25) is 0 Å². The van der Waals surface area contributed by atoms with Crippen molar-refractivity contribution in [1.29, 1.82) is 0 Å². The number of Topliss-reactive ketones (excluding diaryl/α,β-unsaturated/α-hetero) is 1. The monoisotopic (exact) mass is 204 g/mol. The third kappa shape index (κ3) is 2.61. The van der Waals surface area contributed by atoms with Crippen LogP contribution in [0.2, 0.25) is 0 Å². The molecule has 3 nitrogen and oxygen atoms in total. The molecule has 0 aliphatic heterocycles. The van der Waals surface area contributed by atoms with Crippen molar-refractivity contribution in [3.63, 3.8) is 0 Å². The van der Waals surface area contributed by atoms with Crippen LogP contribution in [0.1, 0.15) is 19.8 Å². The van der Waals surface area contributed by atoms with Crippen molar-refractivity contribution < 1.29 is 13.7 Å². The van der Waals surface area contributed by atoms with Gasteiger partial charge in [0, 0.05) is 41.3 Å². The van der Waals surface area contributed by atoms with Crippen molar-refractivity contribution in [2.24, 2.45) is 5.92 Å². The lowest BCUT2D eigenvalue weighted by atomic mass is 10.1. The van der Waals surface area contributed by atoms with Crippen LogP contribution in [0, 0.1) is 5.92 Å². The first kappa shape index (κ1) is 10.9. The summed E-state index contributed by atoms with van der Waals surface area (Å²) in [5, 5.41) is 0.0719. The first-order chi connectivity index (χ1) is 6.16. The molecule has 0 spiro atoms. The van der Waals surface area contributed by atoms with Crippen LogP contribution in [0.3, 0.4) is 0 Å². The molecule has 0 bridgehead atoms. The van der Waals surface area contributed by atoms with E-state index in [2.05, 4.69) is 0 Å². The number of ketones is 1. The quantitative estimate of drug-likeness (QED) is 0.678. The van der Waals surface area contributed by atoms with Crippen molar-refractivity contribution in [2.75, 3.05) is 19.5 Å². The van der Waals surface area contributed by atoms with Gasteiger partial charge in [-0.05, 0) is 6.42 Å². The summed E-state index contributed by atoms with van der Waals surface area (Å²) in [6.07, 6.45) is 1.39. The molecule has 0 aromatic heterocycles. The van der Waals surface area contributed by atoms with Gasteiger partial charge in [-0.15, -0.1) is 0 Å². The first-order valence-electron chi connectivity index (χ1n) is 4.55. The normalized spacial score (nSPS) is 30.8. The lowest BCUT2D eigenvalue weighted by Gasteiger charge is -2.12. The highest BCUT2D eigenvalue weighted by Gasteiger charge is 2.34. The summed E-state index contributed by atoms with van der Waals surface area (Å²) in [5.74, 6) is 0.798. The summed E-state index contributed by atoms with van der Waals surface area (Å²) in [4.78, 5) is 11.2. The van der Waals surface area contributed by atoms with Gasteiger partial charge in [0.05, 0.1) is 6.61 Å². The Kier molecular flexibility index (Phi) is 4.06. The van der Waals surface area contributed by atoms with Crippen LogP contribution in [-0.4, -0.2) is 34.7 Å². The number of methoxy groups -OCH3 is 1. The fourth-order valence-corrected chi connectivity index (χ4v) is 3.27. The number of rotatable bonds is 4. The zero-order valence-corrected chi connectivity index (χ0v) is 8.93. The van der Waals surface area contributed by atoms with E-state index in [1.165, 1.54) is 0 Å². The van der Waals surface area contributed by atoms with E-state index in [-0.39, 0.29) is 17.0 Å². The summed E-state index contributed by atoms with van der Waals surface area (Å²) >= 11 is 0. The molecule has 3 atom stereocenters. The van der Waals surface area contributed by atoms with Crippen LogP contribution in [0.15, 0.2) is 0 Å². The molecule has 1 saturated carbocycles. The largest absolute Gasteiger partial charge is 0.384 e. The fraction of sp³-hybridized carbons (Fsp3) is 0.889. The Labute approximate surface area is 81.3 Å². The maximum absolute atomic E-state index is 11.6. The summed E-state index contributed by atoms with van der Waals surface area (Å²) in [6, 6.07) is 0. The van der Waals surface area contributed by atoms with E-state index in [0.717, 1.165) is 6.42 Å². The van der Waals surface area contributed by atoms with Crippen molar-refractivity contribution in [1.82, 2.24) is 0 Å². The zero-order valence-electron chi connectivity index (χ0n) is 8.12. The molecule has 0 radical (unpaired) electrons. The van der Waals surface area contributed by atoms with E-state index in [1.807, 2.05) is 6.92 Å². The minimum absolute atomic E-state index is 0.0160. The lowest BCUT2D eigenvalue weighted by Crippen LogP contribution is -2.24. The molecule has 1 rings (SSSR count). The molecular formula is C9H16O3S. The minimum Gasteiger partial charge on any atom is -0.384 e. The standard InChI is InChI=1S/C9H16O3S/c1-7-8(10)3-4-9(7)13(11)6-5-12-2/h7,9H,3-6H2,1-2H3. The Morgan fingerprint density at radius 1 is 1.62 bits per heavy atom. The Morgan fingerprint density at radius 3 is 2.77 bits per heavy atom. The lowest BCUT2D eigenvalue weighted by molar-refractivity contribution is -0.120. The highest BCUT2D eigenvalue weighted by Crippen LogP contribution is 2.26. The predicted molar refractivity (Wildman–Crippen MR) is 52.1 cm³/mol. The SMILES string of the molecule is COCCS(=O)C1CCC(=O)C1C. The Bertz CT molecular complexity index is 215. The molecule has 1 aliphatic rings. The second kappa shape index (κ2) is 4.86. The van der Waals surface area contributed by atoms with Crippen molar-refractivity contribution >= 4 is 16.6 Å². The molecule has 0 saturated heterocycles. The smallest absolute Gasteiger partial charge is 0.136 e. The first-order valence-corrected chi connectivity index (χ1v) is 5.94. The Hall–Kier alpha value is -0.220. The summed E-state index contributed by atoms with van der Waals surface area (Å²) in [5.41, 5.74) is 0. The van der Waals surface area contributed by atoms with Gasteiger partial charge in [-0.2, -0.15) is 0 Å². The van der Waals surface area contributed by atoms with Gasteiger partial charge < -0.3 is 4.74 Å². The molecule has 1 aliphatic carbocycles. The van der Waals surface area contributed by atoms with Gasteiger partial charge in [0.1, 0.15) is 5.78 Å². The van der Waals surface area contributed by atoms with Gasteiger partial charge in [-0.25, -0.2) is 0 Å². The predicted octanol–water partition coefficient (Wildman–Crippen LogP) is 0.749. The number of carbonyl (C=O) groups excluding carboxylic acids is 1. The topological polar surface area (TPSA) is 43.4 Å². The third-order valence-electron chi connectivity index (χ3n) is 2.57. The van der Waals surface area contributed by atoms with E-state index in [4.69, 9.17) is 4.74 Å². The molecular weight excluding hydrogens is 188 g/mol.